The van der Waals surface area contributed by atoms with E-state index in [1.807, 2.05) is 33.8 Å². The summed E-state index contributed by atoms with van der Waals surface area (Å²) in [6, 6.07) is 19.2. The predicted molar refractivity (Wildman–Crippen MR) is 197 cm³/mol. The molecule has 0 aromatic heterocycles. The molecule has 0 fully saturated rings. The Hall–Kier alpha value is -3.21. The summed E-state index contributed by atoms with van der Waals surface area (Å²) in [6.07, 6.45) is 8.25. The van der Waals surface area contributed by atoms with Crippen molar-refractivity contribution in [3.05, 3.63) is 94.8 Å². The average Bonchev–Trinajstić information content (AvgIpc) is 3.07. The maximum absolute atomic E-state index is 12.3. The number of hydrogen-bond donors (Lipinski definition) is 1. The summed E-state index contributed by atoms with van der Waals surface area (Å²) in [6.45, 7) is 26.4. The number of halogens is 1. The van der Waals surface area contributed by atoms with Crippen LogP contribution in [0.3, 0.4) is 0 Å². The molecule has 3 atom stereocenters. The number of aliphatic imine (C=N–C) groups is 1. The van der Waals surface area contributed by atoms with Gasteiger partial charge in [-0.05, 0) is 67.7 Å². The van der Waals surface area contributed by atoms with E-state index in [1.54, 1.807) is 6.92 Å². The highest BCUT2D eigenvalue weighted by Gasteiger charge is 2.31. The molecule has 0 amide bonds. The van der Waals surface area contributed by atoms with E-state index >= 15 is 0 Å². The van der Waals surface area contributed by atoms with Crippen LogP contribution in [-0.4, -0.2) is 23.3 Å². The Labute approximate surface area is 277 Å². The van der Waals surface area contributed by atoms with Crippen LogP contribution in [0.5, 0.6) is 0 Å². The molecule has 4 nitrogen and oxygen atoms in total. The third-order valence-electron chi connectivity index (χ3n) is 7.39. The fourth-order valence-corrected chi connectivity index (χ4v) is 4.84. The second-order valence-electron chi connectivity index (χ2n) is 10.7. The van der Waals surface area contributed by atoms with E-state index in [0.717, 1.165) is 62.1 Å². The van der Waals surface area contributed by atoms with Gasteiger partial charge < -0.3 is 15.4 Å². The molecule has 2 N–H and O–H groups in total. The topological polar surface area (TPSA) is 58.7 Å². The number of alkyl halides is 1. The second kappa shape index (κ2) is 27.1. The molecule has 0 aliphatic carbocycles. The molecule has 254 valence electrons. The maximum atomic E-state index is 12.3. The van der Waals surface area contributed by atoms with Crippen LogP contribution in [0.4, 0.5) is 4.39 Å². The first-order chi connectivity index (χ1) is 21.7. The number of carbonyl (C=O) groups is 1. The van der Waals surface area contributed by atoms with Crippen molar-refractivity contribution in [3.63, 3.8) is 0 Å². The minimum atomic E-state index is -0.607. The zero-order valence-electron chi connectivity index (χ0n) is 30.6. The van der Waals surface area contributed by atoms with Gasteiger partial charge in [-0.15, -0.1) is 0 Å². The van der Waals surface area contributed by atoms with Crippen LogP contribution in [-0.2, 0) is 11.2 Å². The van der Waals surface area contributed by atoms with Gasteiger partial charge in [-0.1, -0.05) is 149 Å². The van der Waals surface area contributed by atoms with Gasteiger partial charge in [0.25, 0.3) is 0 Å². The number of guanidine groups is 1. The highest BCUT2D eigenvalue weighted by atomic mass is 19.1. The molecule has 1 heterocycles. The Bertz CT molecular complexity index is 1090. The monoisotopic (exact) mass is 624 g/mol. The molecular weight excluding hydrogens is 557 g/mol. The number of rotatable bonds is 12. The SMILES string of the molecule is C=C1C(CCC)=C(CC)N=C(N)N1C(c1ccccc1)c1ccc(CC)cc1.CC.CC.CC=O.CCC(C)CCCC(C)F. The van der Waals surface area contributed by atoms with Gasteiger partial charge in [0.15, 0.2) is 0 Å². The number of benzene rings is 2. The van der Waals surface area contributed by atoms with Crippen molar-refractivity contribution in [1.29, 1.82) is 0 Å². The number of hydrogen-bond acceptors (Lipinski definition) is 4. The van der Waals surface area contributed by atoms with Gasteiger partial charge in [-0.3, -0.25) is 0 Å². The molecule has 2 aromatic carbocycles. The van der Waals surface area contributed by atoms with Crippen LogP contribution in [0, 0.1) is 5.92 Å². The van der Waals surface area contributed by atoms with E-state index < -0.39 is 6.17 Å². The summed E-state index contributed by atoms with van der Waals surface area (Å²) in [5.74, 6) is 1.30. The Kier molecular flexibility index (Phi) is 26.5. The van der Waals surface area contributed by atoms with E-state index in [9.17, 15) is 4.39 Å². The molecule has 0 spiro atoms. The Balaban J connectivity index is 0. The lowest BCUT2D eigenvalue weighted by molar-refractivity contribution is -0.106. The van der Waals surface area contributed by atoms with Crippen molar-refractivity contribution in [2.45, 2.75) is 140 Å². The molecule has 1 aliphatic heterocycles. The molecule has 3 rings (SSSR count). The smallest absolute Gasteiger partial charge is 0.201 e. The lowest BCUT2D eigenvalue weighted by Gasteiger charge is -2.38. The van der Waals surface area contributed by atoms with Crippen molar-refractivity contribution in [2.75, 3.05) is 0 Å². The lowest BCUT2D eigenvalue weighted by Crippen LogP contribution is -2.42. The zero-order chi connectivity index (χ0) is 34.8. The van der Waals surface area contributed by atoms with Crippen molar-refractivity contribution >= 4 is 12.2 Å². The minimum Gasteiger partial charge on any atom is -0.369 e. The highest BCUT2D eigenvalue weighted by Crippen LogP contribution is 2.38. The van der Waals surface area contributed by atoms with Gasteiger partial charge in [0.2, 0.25) is 5.96 Å². The fraction of sp³-hybridized carbons (Fsp3) is 0.550. The summed E-state index contributed by atoms with van der Waals surface area (Å²) >= 11 is 0. The molecular formula is C40H66FN3O. The van der Waals surface area contributed by atoms with Gasteiger partial charge in [-0.2, -0.15) is 0 Å². The normalized spacial score (nSPS) is 14.0. The van der Waals surface area contributed by atoms with Crippen LogP contribution in [0.2, 0.25) is 0 Å². The van der Waals surface area contributed by atoms with Gasteiger partial charge >= 0.3 is 0 Å². The fourth-order valence-electron chi connectivity index (χ4n) is 4.84. The molecule has 1 aliphatic rings. The summed E-state index contributed by atoms with van der Waals surface area (Å²) in [7, 11) is 0. The summed E-state index contributed by atoms with van der Waals surface area (Å²) in [5.41, 5.74) is 13.5. The van der Waals surface area contributed by atoms with Crippen molar-refractivity contribution < 1.29 is 9.18 Å². The van der Waals surface area contributed by atoms with E-state index in [-0.39, 0.29) is 6.04 Å². The van der Waals surface area contributed by atoms with Crippen LogP contribution in [0.1, 0.15) is 144 Å². The number of carbonyl (C=O) groups excluding carboxylic acids is 1. The number of nitrogens with two attached hydrogens (primary N) is 1. The van der Waals surface area contributed by atoms with Crippen molar-refractivity contribution in [3.8, 4) is 0 Å². The first kappa shape index (κ1) is 43.9. The zero-order valence-corrected chi connectivity index (χ0v) is 30.6. The number of aryl methyl sites for hydroxylation is 1. The van der Waals surface area contributed by atoms with E-state index in [2.05, 4.69) is 94.6 Å². The predicted octanol–water partition coefficient (Wildman–Crippen LogP) is 11.8. The van der Waals surface area contributed by atoms with E-state index in [1.165, 1.54) is 42.0 Å². The second-order valence-corrected chi connectivity index (χ2v) is 10.7. The Morgan fingerprint density at radius 1 is 0.889 bits per heavy atom. The van der Waals surface area contributed by atoms with Crippen LogP contribution >= 0.6 is 0 Å². The molecule has 3 unspecified atom stereocenters. The number of aldehydes is 1. The highest BCUT2D eigenvalue weighted by molar-refractivity contribution is 5.84. The first-order valence-electron chi connectivity index (χ1n) is 17.4. The van der Waals surface area contributed by atoms with Gasteiger partial charge in [0, 0.05) is 11.4 Å². The first-order valence-corrected chi connectivity index (χ1v) is 17.4. The average molecular weight is 624 g/mol. The summed E-state index contributed by atoms with van der Waals surface area (Å²) in [4.78, 5) is 15.7. The van der Waals surface area contributed by atoms with Gasteiger partial charge in [0.1, 0.15) is 6.29 Å². The molecule has 45 heavy (non-hydrogen) atoms. The molecule has 0 bridgehead atoms. The maximum Gasteiger partial charge on any atom is 0.201 e. The Morgan fingerprint density at radius 3 is 1.87 bits per heavy atom. The summed E-state index contributed by atoms with van der Waals surface area (Å²) in [5, 5.41) is 0. The summed E-state index contributed by atoms with van der Waals surface area (Å²) < 4.78 is 12.3. The molecule has 0 saturated heterocycles. The van der Waals surface area contributed by atoms with Crippen molar-refractivity contribution in [2.24, 2.45) is 16.6 Å². The molecule has 2 aromatic rings. The van der Waals surface area contributed by atoms with E-state index in [0.29, 0.717) is 5.96 Å². The lowest BCUT2D eigenvalue weighted by atomic mass is 9.93. The minimum absolute atomic E-state index is 0.0476. The Morgan fingerprint density at radius 2 is 1.42 bits per heavy atom. The van der Waals surface area contributed by atoms with Gasteiger partial charge in [0.05, 0.1) is 12.2 Å². The van der Waals surface area contributed by atoms with Gasteiger partial charge in [-0.25, -0.2) is 9.38 Å². The quantitative estimate of drug-likeness (QED) is 0.239. The van der Waals surface area contributed by atoms with Crippen LogP contribution in [0.15, 0.2) is 83.1 Å². The molecule has 5 heteroatoms. The standard InChI is InChI=1S/C25H31N3.C9H19F.C2H4O.2C2H6/c1-5-11-22-18(4)28(25(26)27-23(22)7-3)24(20-12-9-8-10-13-20)21-16-14-19(6-2)15-17-21;1-4-8(2)6-5-7-9(3)10;1-2-3;2*1-2/h8-10,12-17,24H,4-7,11H2,1-3H3,(H2,26,27);8-9H,4-7H2,1-3H3;2H,1H3;2*1-2H3. The molecule has 0 saturated carbocycles. The van der Waals surface area contributed by atoms with E-state index in [4.69, 9.17) is 15.5 Å². The third-order valence-corrected chi connectivity index (χ3v) is 7.39. The number of nitrogens with zero attached hydrogens (tertiary/aromatic N) is 2. The van der Waals surface area contributed by atoms with Crippen LogP contribution < -0.4 is 5.73 Å². The van der Waals surface area contributed by atoms with Crippen molar-refractivity contribution in [1.82, 2.24) is 4.90 Å². The van der Waals surface area contributed by atoms with Crippen LogP contribution in [0.25, 0.3) is 0 Å². The third kappa shape index (κ3) is 16.1. The molecule has 0 radical (unpaired) electrons. The number of allylic oxidation sites excluding steroid dienone is 2. The largest absolute Gasteiger partial charge is 0.369 e.